The molecule has 0 unspecified atom stereocenters. The van der Waals surface area contributed by atoms with Gasteiger partial charge in [-0.15, -0.1) is 0 Å². The molecule has 1 aromatic carbocycles. The highest BCUT2D eigenvalue weighted by molar-refractivity contribution is 5.99. The summed E-state index contributed by atoms with van der Waals surface area (Å²) in [5, 5.41) is 0.631. The fraction of sp³-hybridized carbons (Fsp3) is 0.333. The third-order valence-corrected chi connectivity index (χ3v) is 5.20. The third-order valence-electron chi connectivity index (χ3n) is 5.20. The molecular formula is C21H22F3N5. The Morgan fingerprint density at radius 1 is 0.966 bits per heavy atom. The molecule has 0 amide bonds. The predicted molar refractivity (Wildman–Crippen MR) is 108 cm³/mol. The first-order chi connectivity index (χ1) is 14.0. The van der Waals surface area contributed by atoms with Crippen molar-refractivity contribution in [3.8, 4) is 11.1 Å². The maximum Gasteiger partial charge on any atom is 0.433 e. The van der Waals surface area contributed by atoms with Gasteiger partial charge in [0.1, 0.15) is 11.5 Å². The Balaban J connectivity index is 1.79. The molecule has 1 saturated heterocycles. The van der Waals surface area contributed by atoms with E-state index in [0.29, 0.717) is 28.8 Å². The summed E-state index contributed by atoms with van der Waals surface area (Å²) in [5.41, 5.74) is 6.44. The van der Waals surface area contributed by atoms with Crippen LogP contribution in [0, 0.1) is 0 Å². The summed E-state index contributed by atoms with van der Waals surface area (Å²) in [6.45, 7) is 4.62. The van der Waals surface area contributed by atoms with Crippen molar-refractivity contribution < 1.29 is 13.2 Å². The van der Waals surface area contributed by atoms with Gasteiger partial charge in [0.2, 0.25) is 0 Å². The van der Waals surface area contributed by atoms with Gasteiger partial charge < -0.3 is 10.6 Å². The number of nitrogens with two attached hydrogens (primary N) is 1. The van der Waals surface area contributed by atoms with Crippen molar-refractivity contribution in [2.24, 2.45) is 5.73 Å². The molecule has 1 aliphatic rings. The van der Waals surface area contributed by atoms with Crippen LogP contribution >= 0.6 is 0 Å². The number of anilines is 1. The minimum Gasteiger partial charge on any atom is -0.353 e. The number of hydrogen-bond donors (Lipinski definition) is 1. The highest BCUT2D eigenvalue weighted by Gasteiger charge is 2.33. The quantitative estimate of drug-likeness (QED) is 0.726. The van der Waals surface area contributed by atoms with Gasteiger partial charge in [0, 0.05) is 56.4 Å². The largest absolute Gasteiger partial charge is 0.433 e. The Morgan fingerprint density at radius 2 is 1.69 bits per heavy atom. The van der Waals surface area contributed by atoms with Crippen LogP contribution < -0.4 is 10.6 Å². The zero-order chi connectivity index (χ0) is 20.4. The Morgan fingerprint density at radius 3 is 2.34 bits per heavy atom. The number of aromatic nitrogens is 2. The summed E-state index contributed by atoms with van der Waals surface area (Å²) < 4.78 is 39.9. The molecule has 3 heterocycles. The van der Waals surface area contributed by atoms with Crippen molar-refractivity contribution in [1.82, 2.24) is 14.9 Å². The Kier molecular flexibility index (Phi) is 5.38. The van der Waals surface area contributed by atoms with E-state index in [1.54, 1.807) is 6.20 Å². The monoisotopic (exact) mass is 401 g/mol. The van der Waals surface area contributed by atoms with Gasteiger partial charge in [-0.3, -0.25) is 4.90 Å². The summed E-state index contributed by atoms with van der Waals surface area (Å²) in [4.78, 5) is 13.0. The molecule has 2 aromatic heterocycles. The van der Waals surface area contributed by atoms with Crippen molar-refractivity contribution >= 4 is 16.7 Å². The zero-order valence-corrected chi connectivity index (χ0v) is 15.9. The maximum atomic E-state index is 13.3. The van der Waals surface area contributed by atoms with E-state index >= 15 is 0 Å². The van der Waals surface area contributed by atoms with Gasteiger partial charge >= 0.3 is 6.18 Å². The first kappa shape index (κ1) is 19.6. The van der Waals surface area contributed by atoms with E-state index in [9.17, 15) is 13.2 Å². The summed E-state index contributed by atoms with van der Waals surface area (Å²) in [5.74, 6) is 0.674. The zero-order valence-electron chi connectivity index (χ0n) is 15.9. The number of halogens is 3. The van der Waals surface area contributed by atoms with Crippen molar-refractivity contribution in [3.05, 3.63) is 54.4 Å². The molecule has 0 atom stereocenters. The molecule has 0 saturated carbocycles. The molecule has 1 fully saturated rings. The molecule has 152 valence electrons. The molecule has 29 heavy (non-hydrogen) atoms. The Hall–Kier alpha value is -2.71. The van der Waals surface area contributed by atoms with E-state index in [1.807, 2.05) is 30.3 Å². The second-order valence-electron chi connectivity index (χ2n) is 7.07. The summed E-state index contributed by atoms with van der Waals surface area (Å²) >= 11 is 0. The van der Waals surface area contributed by atoms with Crippen molar-refractivity contribution in [1.29, 1.82) is 0 Å². The number of nitrogens with zero attached hydrogens (tertiary/aromatic N) is 4. The molecular weight excluding hydrogens is 379 g/mol. The van der Waals surface area contributed by atoms with Crippen LogP contribution in [0.5, 0.6) is 0 Å². The van der Waals surface area contributed by atoms with Crippen LogP contribution in [-0.2, 0) is 6.18 Å². The maximum absolute atomic E-state index is 13.3. The average molecular weight is 401 g/mol. The van der Waals surface area contributed by atoms with Crippen molar-refractivity contribution in [3.63, 3.8) is 0 Å². The molecule has 4 rings (SSSR count). The van der Waals surface area contributed by atoms with Crippen molar-refractivity contribution in [2.75, 3.05) is 44.2 Å². The molecule has 0 aliphatic carbocycles. The molecule has 5 nitrogen and oxygen atoms in total. The van der Waals surface area contributed by atoms with Crippen LogP contribution in [0.25, 0.3) is 22.0 Å². The molecule has 0 radical (unpaired) electrons. The predicted octanol–water partition coefficient (Wildman–Crippen LogP) is 3.40. The minimum absolute atomic E-state index is 0.320. The highest BCUT2D eigenvalue weighted by atomic mass is 19.4. The van der Waals surface area contributed by atoms with E-state index in [1.165, 1.54) is 6.07 Å². The highest BCUT2D eigenvalue weighted by Crippen LogP contribution is 2.35. The molecule has 0 bridgehead atoms. The van der Waals surface area contributed by atoms with Gasteiger partial charge in [-0.1, -0.05) is 30.3 Å². The van der Waals surface area contributed by atoms with Crippen LogP contribution in [0.15, 0.2) is 48.7 Å². The number of hydrogen-bond acceptors (Lipinski definition) is 5. The third kappa shape index (κ3) is 4.04. The van der Waals surface area contributed by atoms with E-state index in [2.05, 4.69) is 19.8 Å². The standard InChI is InChI=1S/C21H22F3N5/c22-21(23,24)18-7-6-16-19(27-18)17(15-4-2-1-3-5-15)14-26-20(16)29-12-10-28(9-8-25)11-13-29/h1-7,14H,8-13,25H2. The SMILES string of the molecule is NCCN1CCN(c2ncc(-c3ccccc3)c3nc(C(F)(F)F)ccc23)CC1. The molecule has 0 spiro atoms. The van der Waals surface area contributed by atoms with E-state index < -0.39 is 11.9 Å². The van der Waals surface area contributed by atoms with Crippen LogP contribution in [0.4, 0.5) is 19.0 Å². The normalized spacial score (nSPS) is 15.8. The topological polar surface area (TPSA) is 58.3 Å². The lowest BCUT2D eigenvalue weighted by atomic mass is 10.0. The molecule has 2 N–H and O–H groups in total. The molecule has 1 aliphatic heterocycles. The number of pyridine rings is 2. The van der Waals surface area contributed by atoms with Crippen LogP contribution in [0.1, 0.15) is 5.69 Å². The number of rotatable bonds is 4. The minimum atomic E-state index is -4.50. The first-order valence-electron chi connectivity index (χ1n) is 9.57. The van der Waals surface area contributed by atoms with Crippen LogP contribution in [0.3, 0.4) is 0 Å². The Bertz CT molecular complexity index is 983. The van der Waals surface area contributed by atoms with Gasteiger partial charge in [-0.25, -0.2) is 9.97 Å². The fourth-order valence-electron chi connectivity index (χ4n) is 3.71. The molecule has 3 aromatic rings. The van der Waals surface area contributed by atoms with Crippen LogP contribution in [-0.4, -0.2) is 54.1 Å². The van der Waals surface area contributed by atoms with Gasteiger partial charge in [0.05, 0.1) is 5.52 Å². The number of piperazine rings is 1. The lowest BCUT2D eigenvalue weighted by Crippen LogP contribution is -2.48. The number of benzene rings is 1. The van der Waals surface area contributed by atoms with E-state index in [0.717, 1.165) is 44.4 Å². The van der Waals surface area contributed by atoms with Gasteiger partial charge in [-0.05, 0) is 17.7 Å². The summed E-state index contributed by atoms with van der Waals surface area (Å²) in [6.07, 6.45) is -2.87. The van der Waals surface area contributed by atoms with E-state index in [4.69, 9.17) is 5.73 Å². The number of alkyl halides is 3. The summed E-state index contributed by atoms with van der Waals surface area (Å²) in [7, 11) is 0. The number of fused-ring (bicyclic) bond motifs is 1. The van der Waals surface area contributed by atoms with Gasteiger partial charge in [-0.2, -0.15) is 13.2 Å². The van der Waals surface area contributed by atoms with Gasteiger partial charge in [0.15, 0.2) is 0 Å². The molecule has 8 heteroatoms. The lowest BCUT2D eigenvalue weighted by Gasteiger charge is -2.35. The fourth-order valence-corrected chi connectivity index (χ4v) is 3.71. The summed E-state index contributed by atoms with van der Waals surface area (Å²) in [6, 6.07) is 11.8. The Labute approximate surface area is 167 Å². The van der Waals surface area contributed by atoms with Crippen molar-refractivity contribution in [2.45, 2.75) is 6.18 Å². The average Bonchev–Trinajstić information content (AvgIpc) is 2.73. The van der Waals surface area contributed by atoms with Gasteiger partial charge in [0.25, 0.3) is 0 Å². The first-order valence-corrected chi connectivity index (χ1v) is 9.57. The smallest absolute Gasteiger partial charge is 0.353 e. The van der Waals surface area contributed by atoms with Crippen LogP contribution in [0.2, 0.25) is 0 Å². The second kappa shape index (κ2) is 7.96. The second-order valence-corrected chi connectivity index (χ2v) is 7.07. The lowest BCUT2D eigenvalue weighted by molar-refractivity contribution is -0.140. The van der Waals surface area contributed by atoms with E-state index in [-0.39, 0.29) is 0 Å².